The molecule has 1 heterocycles. The summed E-state index contributed by atoms with van der Waals surface area (Å²) in [6.45, 7) is 12.3. The summed E-state index contributed by atoms with van der Waals surface area (Å²) >= 11 is 5.53. The minimum atomic E-state index is 0.433. The fourth-order valence-electron chi connectivity index (χ4n) is 3.06. The summed E-state index contributed by atoms with van der Waals surface area (Å²) in [5.41, 5.74) is 3.70. The predicted octanol–water partition coefficient (Wildman–Crippen LogP) is 4.69. The first-order chi connectivity index (χ1) is 10.1. The molecule has 2 aromatic rings. The molecule has 116 valence electrons. The molecule has 1 aromatic heterocycles. The number of hydrogen-bond acceptors (Lipinski definition) is 2. The van der Waals surface area contributed by atoms with Crippen molar-refractivity contribution in [3.63, 3.8) is 0 Å². The van der Waals surface area contributed by atoms with E-state index >= 15 is 0 Å². The number of aromatic amines is 1. The summed E-state index contributed by atoms with van der Waals surface area (Å²) in [4.78, 5) is 5.82. The second kappa shape index (κ2) is 7.23. The Morgan fingerprint density at radius 2 is 2.00 bits per heavy atom. The van der Waals surface area contributed by atoms with Crippen molar-refractivity contribution in [2.24, 2.45) is 0 Å². The summed E-state index contributed by atoms with van der Waals surface area (Å²) in [6.07, 6.45) is 2.37. The van der Waals surface area contributed by atoms with Crippen LogP contribution in [0.25, 0.3) is 11.0 Å². The highest BCUT2D eigenvalue weighted by Crippen LogP contribution is 2.24. The third-order valence-electron chi connectivity index (χ3n) is 4.37. The quantitative estimate of drug-likeness (QED) is 0.750. The Balaban J connectivity index is 2.14. The molecule has 4 heteroatoms. The lowest BCUT2D eigenvalue weighted by molar-refractivity contribution is 0.288. The number of H-pyrrole nitrogens is 1. The number of benzene rings is 1. The van der Waals surface area contributed by atoms with E-state index in [-0.39, 0.29) is 0 Å². The number of aryl methyl sites for hydroxylation is 1. The van der Waals surface area contributed by atoms with E-state index in [0.717, 1.165) is 29.8 Å². The smallest absolute Gasteiger partial charge is 0.178 e. The maximum absolute atomic E-state index is 5.53. The number of nitrogens with zero attached hydrogens (tertiary/aromatic N) is 2. The van der Waals surface area contributed by atoms with Crippen molar-refractivity contribution in [3.05, 3.63) is 28.5 Å². The molecule has 0 fully saturated rings. The van der Waals surface area contributed by atoms with Crippen molar-refractivity contribution in [3.8, 4) is 0 Å². The van der Waals surface area contributed by atoms with Crippen molar-refractivity contribution >= 4 is 23.3 Å². The highest BCUT2D eigenvalue weighted by Gasteiger charge is 2.13. The van der Waals surface area contributed by atoms with Crippen LogP contribution in [-0.4, -0.2) is 34.1 Å². The van der Waals surface area contributed by atoms with Crippen LogP contribution in [-0.2, 0) is 0 Å². The average molecular weight is 305 g/mol. The summed E-state index contributed by atoms with van der Waals surface area (Å²) < 4.78 is 3.14. The third kappa shape index (κ3) is 3.55. The van der Waals surface area contributed by atoms with Gasteiger partial charge in [-0.05, 0) is 70.2 Å². The summed E-state index contributed by atoms with van der Waals surface area (Å²) in [5, 5.41) is 0. The Hall–Kier alpha value is -1.13. The second-order valence-electron chi connectivity index (χ2n) is 5.79. The molecule has 0 aliphatic heterocycles. The molecule has 0 bridgehead atoms. The monoisotopic (exact) mass is 305 g/mol. The summed E-state index contributed by atoms with van der Waals surface area (Å²) in [6, 6.07) is 6.78. The first-order valence-electron chi connectivity index (χ1n) is 8.00. The lowest BCUT2D eigenvalue weighted by atomic mass is 10.1. The molecule has 0 aliphatic carbocycles. The fourth-order valence-corrected chi connectivity index (χ4v) is 3.44. The minimum Gasteiger partial charge on any atom is -0.331 e. The number of imidazole rings is 1. The first kappa shape index (κ1) is 16.2. The molecule has 3 nitrogen and oxygen atoms in total. The number of hydrogen-bond donors (Lipinski definition) is 1. The van der Waals surface area contributed by atoms with Gasteiger partial charge in [-0.1, -0.05) is 26.0 Å². The van der Waals surface area contributed by atoms with Crippen LogP contribution in [0.15, 0.2) is 18.2 Å². The van der Waals surface area contributed by atoms with Crippen molar-refractivity contribution in [1.29, 1.82) is 0 Å². The maximum Gasteiger partial charge on any atom is 0.178 e. The molecule has 1 N–H and O–H groups in total. The van der Waals surface area contributed by atoms with E-state index < -0.39 is 0 Å². The van der Waals surface area contributed by atoms with E-state index in [1.54, 1.807) is 0 Å². The minimum absolute atomic E-state index is 0.433. The van der Waals surface area contributed by atoms with Gasteiger partial charge in [0.15, 0.2) is 4.77 Å². The van der Waals surface area contributed by atoms with E-state index in [4.69, 9.17) is 12.2 Å². The van der Waals surface area contributed by atoms with Crippen LogP contribution in [0, 0.1) is 11.7 Å². The van der Waals surface area contributed by atoms with Crippen LogP contribution in [0.1, 0.15) is 45.2 Å². The molecule has 1 unspecified atom stereocenters. The van der Waals surface area contributed by atoms with Crippen LogP contribution in [0.4, 0.5) is 0 Å². The zero-order valence-electron chi connectivity index (χ0n) is 13.6. The molecule has 0 saturated carbocycles. The molecule has 0 radical (unpaired) electrons. The molecule has 0 spiro atoms. The molecule has 21 heavy (non-hydrogen) atoms. The lowest BCUT2D eigenvalue weighted by Crippen LogP contribution is -2.24. The lowest BCUT2D eigenvalue weighted by Gasteiger charge is -2.20. The summed E-state index contributed by atoms with van der Waals surface area (Å²) in [7, 11) is 0. The maximum atomic E-state index is 5.53. The molecule has 0 aliphatic rings. The van der Waals surface area contributed by atoms with E-state index in [0.29, 0.717) is 6.04 Å². The van der Waals surface area contributed by atoms with Gasteiger partial charge in [0.1, 0.15) is 0 Å². The van der Waals surface area contributed by atoms with E-state index in [1.807, 2.05) is 0 Å². The normalized spacial score (nSPS) is 13.2. The van der Waals surface area contributed by atoms with Gasteiger partial charge in [0, 0.05) is 6.04 Å². The van der Waals surface area contributed by atoms with Crippen LogP contribution >= 0.6 is 12.2 Å². The van der Waals surface area contributed by atoms with Gasteiger partial charge in [0.25, 0.3) is 0 Å². The molecule has 1 atom stereocenters. The highest BCUT2D eigenvalue weighted by molar-refractivity contribution is 7.71. The van der Waals surface area contributed by atoms with Gasteiger partial charge in [0.05, 0.1) is 11.0 Å². The third-order valence-corrected chi connectivity index (χ3v) is 4.67. The molecule has 0 saturated heterocycles. The fraction of sp³-hybridized carbons (Fsp3) is 0.588. The highest BCUT2D eigenvalue weighted by atomic mass is 32.1. The van der Waals surface area contributed by atoms with Crippen molar-refractivity contribution < 1.29 is 0 Å². The van der Waals surface area contributed by atoms with Crippen LogP contribution in [0.2, 0.25) is 0 Å². The number of aromatic nitrogens is 2. The number of fused-ring (bicyclic) bond motifs is 1. The topological polar surface area (TPSA) is 24.0 Å². The Morgan fingerprint density at radius 1 is 1.29 bits per heavy atom. The average Bonchev–Trinajstić information content (AvgIpc) is 2.81. The molecular formula is C17H27N3S. The van der Waals surface area contributed by atoms with E-state index in [1.165, 1.54) is 24.0 Å². The van der Waals surface area contributed by atoms with Crippen LogP contribution in [0.5, 0.6) is 0 Å². The van der Waals surface area contributed by atoms with Gasteiger partial charge in [-0.15, -0.1) is 0 Å². The molecule has 2 rings (SSSR count). The molecular weight excluding hydrogens is 278 g/mol. The Bertz CT molecular complexity index is 637. The molecule has 1 aromatic carbocycles. The van der Waals surface area contributed by atoms with Crippen molar-refractivity contribution in [2.75, 3.05) is 19.6 Å². The second-order valence-corrected chi connectivity index (χ2v) is 6.18. The van der Waals surface area contributed by atoms with Gasteiger partial charge in [-0.25, -0.2) is 0 Å². The SMILES string of the molecule is CCN(CC)CCCC(C)n1c(=S)[nH]c2cccc(C)c21. The number of rotatable bonds is 7. The Morgan fingerprint density at radius 3 is 2.67 bits per heavy atom. The van der Waals surface area contributed by atoms with Gasteiger partial charge in [0.2, 0.25) is 0 Å². The zero-order chi connectivity index (χ0) is 15.4. The Labute approximate surface area is 133 Å². The Kier molecular flexibility index (Phi) is 5.59. The van der Waals surface area contributed by atoms with E-state index in [9.17, 15) is 0 Å². The van der Waals surface area contributed by atoms with Crippen molar-refractivity contribution in [1.82, 2.24) is 14.5 Å². The largest absolute Gasteiger partial charge is 0.331 e. The van der Waals surface area contributed by atoms with Gasteiger partial charge < -0.3 is 14.5 Å². The van der Waals surface area contributed by atoms with Gasteiger partial charge in [-0.2, -0.15) is 0 Å². The standard InChI is InChI=1S/C17H27N3S/c1-5-19(6-2)12-8-10-14(4)20-16-13(3)9-7-11-15(16)18-17(20)21/h7,9,11,14H,5-6,8,10,12H2,1-4H3,(H,18,21). The predicted molar refractivity (Wildman–Crippen MR) is 93.6 cm³/mol. The first-order valence-corrected chi connectivity index (χ1v) is 8.41. The zero-order valence-corrected chi connectivity index (χ0v) is 14.5. The van der Waals surface area contributed by atoms with E-state index in [2.05, 4.69) is 60.3 Å². The molecule has 0 amide bonds. The van der Waals surface area contributed by atoms with Crippen LogP contribution in [0.3, 0.4) is 0 Å². The van der Waals surface area contributed by atoms with Crippen LogP contribution < -0.4 is 0 Å². The number of para-hydroxylation sites is 1. The van der Waals surface area contributed by atoms with Gasteiger partial charge in [-0.3, -0.25) is 0 Å². The van der Waals surface area contributed by atoms with Crippen molar-refractivity contribution in [2.45, 2.75) is 46.6 Å². The summed E-state index contributed by atoms with van der Waals surface area (Å²) in [5.74, 6) is 0. The number of nitrogens with one attached hydrogen (secondary N) is 1. The van der Waals surface area contributed by atoms with Gasteiger partial charge >= 0.3 is 0 Å².